The Morgan fingerprint density at radius 2 is 2.00 bits per heavy atom. The lowest BCUT2D eigenvalue weighted by molar-refractivity contribution is -0.142. The number of aliphatic carboxylic acids is 1. The highest BCUT2D eigenvalue weighted by atomic mass is 16.4. The molecular weight excluding hydrogens is 230 g/mol. The van der Waals surface area contributed by atoms with Crippen LogP contribution in [0.2, 0.25) is 0 Å². The Bertz CT molecular complexity index is 528. The first-order chi connectivity index (χ1) is 8.50. The highest BCUT2D eigenvalue weighted by molar-refractivity contribution is 5.78. The number of benzene rings is 1. The third kappa shape index (κ3) is 2.24. The molecule has 1 aromatic carbocycles. The third-order valence-corrected chi connectivity index (χ3v) is 3.44. The molecule has 0 saturated heterocycles. The fourth-order valence-electron chi connectivity index (χ4n) is 1.92. The summed E-state index contributed by atoms with van der Waals surface area (Å²) in [6, 6.07) is 9.10. The molecule has 0 aliphatic rings. The summed E-state index contributed by atoms with van der Waals surface area (Å²) in [4.78, 5) is 12.8. The normalized spacial score (nSPS) is 14.9. The van der Waals surface area contributed by atoms with Crippen LogP contribution in [0, 0.1) is 0 Å². The number of rotatable bonds is 4. The summed E-state index contributed by atoms with van der Waals surface area (Å²) in [5, 5.41) is 10.1. The van der Waals surface area contributed by atoms with Crippen LogP contribution < -0.4 is 0 Å². The number of furan rings is 1. The molecule has 2 atom stereocenters. The molecule has 4 nitrogen and oxygen atoms in total. The first kappa shape index (κ1) is 12.6. The summed E-state index contributed by atoms with van der Waals surface area (Å²) in [5.74, 6) is -0.0488. The Balaban J connectivity index is 2.27. The molecule has 4 heteroatoms. The lowest BCUT2D eigenvalue weighted by Crippen LogP contribution is -2.37. The molecule has 1 heterocycles. The van der Waals surface area contributed by atoms with E-state index in [1.54, 1.807) is 18.9 Å². The van der Waals surface area contributed by atoms with Gasteiger partial charge in [-0.25, -0.2) is 0 Å². The van der Waals surface area contributed by atoms with Gasteiger partial charge in [-0.2, -0.15) is 0 Å². The number of hydrogen-bond acceptors (Lipinski definition) is 3. The van der Waals surface area contributed by atoms with Crippen molar-refractivity contribution in [1.82, 2.24) is 4.90 Å². The van der Waals surface area contributed by atoms with Gasteiger partial charge in [0.05, 0.1) is 6.04 Å². The molecule has 0 aliphatic heterocycles. The van der Waals surface area contributed by atoms with Gasteiger partial charge < -0.3 is 9.52 Å². The molecule has 2 aromatic rings. The Morgan fingerprint density at radius 1 is 1.33 bits per heavy atom. The Morgan fingerprint density at radius 3 is 2.61 bits per heavy atom. The molecule has 0 saturated carbocycles. The number of likely N-dealkylation sites (N-methyl/N-ethyl adjacent to an activating group) is 1. The average molecular weight is 247 g/mol. The Hall–Kier alpha value is -1.81. The minimum Gasteiger partial charge on any atom is -0.480 e. The molecule has 0 bridgehead atoms. The zero-order valence-electron chi connectivity index (χ0n) is 10.8. The van der Waals surface area contributed by atoms with Gasteiger partial charge in [0.2, 0.25) is 0 Å². The maximum absolute atomic E-state index is 11.0. The van der Waals surface area contributed by atoms with Crippen LogP contribution in [0.3, 0.4) is 0 Å². The SMILES string of the molecule is CC(C(=O)O)N(C)C(C)c1cc2ccccc2o1. The van der Waals surface area contributed by atoms with E-state index in [1.807, 2.05) is 37.3 Å². The number of carboxylic acid groups (broad SMARTS) is 1. The first-order valence-corrected chi connectivity index (χ1v) is 5.94. The number of nitrogens with zero attached hydrogens (tertiary/aromatic N) is 1. The molecule has 0 aliphatic carbocycles. The predicted octanol–water partition coefficient (Wildman–Crippen LogP) is 2.90. The molecule has 0 spiro atoms. The number of carbonyl (C=O) groups is 1. The van der Waals surface area contributed by atoms with Crippen LogP contribution in [0.15, 0.2) is 34.7 Å². The summed E-state index contributed by atoms with van der Waals surface area (Å²) in [6.45, 7) is 3.61. The van der Waals surface area contributed by atoms with Crippen molar-refractivity contribution in [2.45, 2.75) is 25.9 Å². The van der Waals surface area contributed by atoms with Crippen LogP contribution in [-0.4, -0.2) is 29.1 Å². The highest BCUT2D eigenvalue weighted by Gasteiger charge is 2.24. The fraction of sp³-hybridized carbons (Fsp3) is 0.357. The summed E-state index contributed by atoms with van der Waals surface area (Å²) in [5.41, 5.74) is 0.829. The van der Waals surface area contributed by atoms with E-state index in [9.17, 15) is 4.79 Å². The molecule has 0 fully saturated rings. The van der Waals surface area contributed by atoms with E-state index in [2.05, 4.69) is 0 Å². The Kier molecular flexibility index (Phi) is 3.39. The monoisotopic (exact) mass is 247 g/mol. The molecule has 1 N–H and O–H groups in total. The van der Waals surface area contributed by atoms with Gasteiger partial charge in [-0.3, -0.25) is 9.69 Å². The zero-order valence-corrected chi connectivity index (χ0v) is 10.8. The van der Waals surface area contributed by atoms with Gasteiger partial charge >= 0.3 is 5.97 Å². The number of fused-ring (bicyclic) bond motifs is 1. The number of hydrogen-bond donors (Lipinski definition) is 1. The molecule has 2 rings (SSSR count). The third-order valence-electron chi connectivity index (χ3n) is 3.44. The van der Waals surface area contributed by atoms with Gasteiger partial charge in [-0.15, -0.1) is 0 Å². The van der Waals surface area contributed by atoms with E-state index in [0.717, 1.165) is 16.7 Å². The van der Waals surface area contributed by atoms with Gasteiger partial charge in [0.15, 0.2) is 0 Å². The van der Waals surface area contributed by atoms with Crippen molar-refractivity contribution < 1.29 is 14.3 Å². The summed E-state index contributed by atoms with van der Waals surface area (Å²) >= 11 is 0. The summed E-state index contributed by atoms with van der Waals surface area (Å²) in [6.07, 6.45) is 0. The lowest BCUT2D eigenvalue weighted by Gasteiger charge is -2.26. The van der Waals surface area contributed by atoms with Crippen molar-refractivity contribution in [3.05, 3.63) is 36.1 Å². The van der Waals surface area contributed by atoms with Crippen molar-refractivity contribution in [1.29, 1.82) is 0 Å². The quantitative estimate of drug-likeness (QED) is 0.902. The molecule has 96 valence electrons. The maximum atomic E-state index is 11.0. The van der Waals surface area contributed by atoms with E-state index < -0.39 is 12.0 Å². The highest BCUT2D eigenvalue weighted by Crippen LogP contribution is 2.27. The number of para-hydroxylation sites is 1. The van der Waals surface area contributed by atoms with Crippen LogP contribution >= 0.6 is 0 Å². The Labute approximate surface area is 106 Å². The van der Waals surface area contributed by atoms with Crippen molar-refractivity contribution >= 4 is 16.9 Å². The topological polar surface area (TPSA) is 53.7 Å². The van der Waals surface area contributed by atoms with E-state index in [4.69, 9.17) is 9.52 Å². The maximum Gasteiger partial charge on any atom is 0.320 e. The average Bonchev–Trinajstić information content (AvgIpc) is 2.79. The molecule has 0 amide bonds. The smallest absolute Gasteiger partial charge is 0.320 e. The van der Waals surface area contributed by atoms with Crippen molar-refractivity contribution in [2.75, 3.05) is 7.05 Å². The largest absolute Gasteiger partial charge is 0.480 e. The molecule has 1 aromatic heterocycles. The van der Waals surface area contributed by atoms with Crippen LogP contribution in [0.25, 0.3) is 11.0 Å². The van der Waals surface area contributed by atoms with Crippen LogP contribution in [0.5, 0.6) is 0 Å². The minimum absolute atomic E-state index is 0.0801. The number of carboxylic acids is 1. The van der Waals surface area contributed by atoms with Gasteiger partial charge in [0.25, 0.3) is 0 Å². The molecular formula is C14H17NO3. The lowest BCUT2D eigenvalue weighted by atomic mass is 10.1. The van der Waals surface area contributed by atoms with Crippen molar-refractivity contribution in [3.63, 3.8) is 0 Å². The summed E-state index contributed by atoms with van der Waals surface area (Å²) in [7, 11) is 1.79. The second-order valence-electron chi connectivity index (χ2n) is 4.54. The van der Waals surface area contributed by atoms with Gasteiger partial charge in [-0.05, 0) is 33.0 Å². The molecule has 18 heavy (non-hydrogen) atoms. The standard InChI is InChI=1S/C14H17NO3/c1-9(15(3)10(2)14(16)17)13-8-11-6-4-5-7-12(11)18-13/h4-10H,1-3H3,(H,16,17). The van der Waals surface area contributed by atoms with Gasteiger partial charge in [0, 0.05) is 5.39 Å². The van der Waals surface area contributed by atoms with E-state index >= 15 is 0 Å². The molecule has 2 unspecified atom stereocenters. The molecule has 0 radical (unpaired) electrons. The van der Waals surface area contributed by atoms with E-state index in [1.165, 1.54) is 0 Å². The first-order valence-electron chi connectivity index (χ1n) is 5.94. The fourth-order valence-corrected chi connectivity index (χ4v) is 1.92. The van der Waals surface area contributed by atoms with Crippen molar-refractivity contribution in [3.8, 4) is 0 Å². The van der Waals surface area contributed by atoms with Gasteiger partial charge in [0.1, 0.15) is 17.4 Å². The van der Waals surface area contributed by atoms with Crippen LogP contribution in [0.1, 0.15) is 25.6 Å². The predicted molar refractivity (Wildman–Crippen MR) is 69.5 cm³/mol. The van der Waals surface area contributed by atoms with Crippen LogP contribution in [-0.2, 0) is 4.79 Å². The zero-order chi connectivity index (χ0) is 13.3. The van der Waals surface area contributed by atoms with E-state index in [0.29, 0.717) is 0 Å². The second kappa shape index (κ2) is 4.82. The van der Waals surface area contributed by atoms with Crippen molar-refractivity contribution in [2.24, 2.45) is 0 Å². The minimum atomic E-state index is -0.833. The van der Waals surface area contributed by atoms with Gasteiger partial charge in [-0.1, -0.05) is 18.2 Å². The summed E-state index contributed by atoms with van der Waals surface area (Å²) < 4.78 is 5.75. The van der Waals surface area contributed by atoms with Crippen LogP contribution in [0.4, 0.5) is 0 Å². The van der Waals surface area contributed by atoms with E-state index in [-0.39, 0.29) is 6.04 Å². The second-order valence-corrected chi connectivity index (χ2v) is 4.54.